The van der Waals surface area contributed by atoms with E-state index in [1.165, 1.54) is 24.2 Å². The molecular formula is C14H13FN4O2. The molecule has 1 aromatic heterocycles. The van der Waals surface area contributed by atoms with E-state index in [1.807, 2.05) is 0 Å². The molecule has 0 bridgehead atoms. The molecule has 0 radical (unpaired) electrons. The van der Waals surface area contributed by atoms with Crippen molar-refractivity contribution < 1.29 is 13.9 Å². The van der Waals surface area contributed by atoms with Gasteiger partial charge in [0.15, 0.2) is 0 Å². The Kier molecular flexibility index (Phi) is 3.17. The predicted octanol–water partition coefficient (Wildman–Crippen LogP) is 1.88. The Hall–Kier alpha value is -2.70. The fourth-order valence-corrected chi connectivity index (χ4v) is 2.45. The van der Waals surface area contributed by atoms with Gasteiger partial charge in [0, 0.05) is 11.3 Å². The smallest absolute Gasteiger partial charge is 0.338 e. The molecular weight excluding hydrogens is 275 g/mol. The van der Waals surface area contributed by atoms with Gasteiger partial charge in [-0.2, -0.15) is 10.1 Å². The number of rotatable bonds is 2. The highest BCUT2D eigenvalue weighted by Crippen LogP contribution is 2.35. The Morgan fingerprint density at radius 2 is 2.19 bits per heavy atom. The Morgan fingerprint density at radius 1 is 1.43 bits per heavy atom. The highest BCUT2D eigenvalue weighted by atomic mass is 19.1. The van der Waals surface area contributed by atoms with Crippen LogP contribution in [0.4, 0.5) is 10.3 Å². The van der Waals surface area contributed by atoms with Crippen LogP contribution in [0.1, 0.15) is 18.5 Å². The molecule has 2 aromatic rings. The summed E-state index contributed by atoms with van der Waals surface area (Å²) in [5, 5.41) is 7.06. The van der Waals surface area contributed by atoms with Crippen LogP contribution in [0.5, 0.6) is 0 Å². The molecule has 1 N–H and O–H groups in total. The molecule has 3 rings (SSSR count). The number of esters is 1. The first-order chi connectivity index (χ1) is 10.1. The van der Waals surface area contributed by atoms with Crippen molar-refractivity contribution in [2.75, 3.05) is 12.4 Å². The van der Waals surface area contributed by atoms with E-state index in [-0.39, 0.29) is 0 Å². The molecule has 1 aliphatic heterocycles. The van der Waals surface area contributed by atoms with Gasteiger partial charge in [0.1, 0.15) is 18.2 Å². The van der Waals surface area contributed by atoms with Crippen LogP contribution >= 0.6 is 0 Å². The molecule has 21 heavy (non-hydrogen) atoms. The lowest BCUT2D eigenvalue weighted by Crippen LogP contribution is -2.29. The number of allylic oxidation sites excluding steroid dienone is 1. The zero-order chi connectivity index (χ0) is 15.0. The van der Waals surface area contributed by atoms with Gasteiger partial charge < -0.3 is 10.1 Å². The van der Waals surface area contributed by atoms with E-state index < -0.39 is 17.8 Å². The maximum absolute atomic E-state index is 14.2. The van der Waals surface area contributed by atoms with E-state index in [4.69, 9.17) is 4.74 Å². The molecule has 0 spiro atoms. The predicted molar refractivity (Wildman–Crippen MR) is 72.9 cm³/mol. The van der Waals surface area contributed by atoms with Crippen molar-refractivity contribution in [3.05, 3.63) is 53.2 Å². The number of methoxy groups -OCH3 is 1. The lowest BCUT2D eigenvalue weighted by Gasteiger charge is -2.28. The summed E-state index contributed by atoms with van der Waals surface area (Å²) in [6, 6.07) is 5.56. The summed E-state index contributed by atoms with van der Waals surface area (Å²) >= 11 is 0. The van der Waals surface area contributed by atoms with Crippen LogP contribution < -0.4 is 5.32 Å². The van der Waals surface area contributed by atoms with Crippen LogP contribution in [-0.4, -0.2) is 27.8 Å². The number of anilines is 1. The standard InChI is InChI=1S/C14H13FN4O2/c1-8-11(13(20)21-2)12(9-5-3-4-6-10(9)15)19-14(18-8)16-7-17-19/h3-7,12H,1-2H3,(H,16,17,18)/t12-/m1/s1. The fraction of sp³-hybridized carbons (Fsp3) is 0.214. The number of halogens is 1. The highest BCUT2D eigenvalue weighted by Gasteiger charge is 2.35. The third-order valence-corrected chi connectivity index (χ3v) is 3.40. The molecule has 1 aromatic carbocycles. The first-order valence-electron chi connectivity index (χ1n) is 6.33. The molecule has 1 atom stereocenters. The third kappa shape index (κ3) is 2.06. The average molecular weight is 288 g/mol. The number of benzene rings is 1. The maximum atomic E-state index is 14.2. The number of hydrogen-bond acceptors (Lipinski definition) is 5. The molecule has 0 saturated heterocycles. The average Bonchev–Trinajstić information content (AvgIpc) is 2.93. The molecule has 7 heteroatoms. The monoisotopic (exact) mass is 288 g/mol. The molecule has 6 nitrogen and oxygen atoms in total. The number of fused-ring (bicyclic) bond motifs is 1. The fourth-order valence-electron chi connectivity index (χ4n) is 2.45. The summed E-state index contributed by atoms with van der Waals surface area (Å²) in [5.41, 5.74) is 1.21. The van der Waals surface area contributed by atoms with Gasteiger partial charge in [0.05, 0.1) is 12.7 Å². The minimum atomic E-state index is -0.711. The number of carbonyl (C=O) groups is 1. The van der Waals surface area contributed by atoms with Crippen LogP contribution in [0.15, 0.2) is 41.9 Å². The highest BCUT2D eigenvalue weighted by molar-refractivity contribution is 5.92. The summed E-state index contributed by atoms with van der Waals surface area (Å²) in [5.74, 6) is -0.497. The second kappa shape index (κ2) is 5.01. The van der Waals surface area contributed by atoms with Crippen LogP contribution in [0.2, 0.25) is 0 Å². The van der Waals surface area contributed by atoms with Crippen LogP contribution in [0.25, 0.3) is 0 Å². The number of aromatic nitrogens is 3. The largest absolute Gasteiger partial charge is 0.466 e. The Morgan fingerprint density at radius 3 is 2.90 bits per heavy atom. The summed E-state index contributed by atoms with van der Waals surface area (Å²) in [6.07, 6.45) is 1.35. The summed E-state index contributed by atoms with van der Waals surface area (Å²) in [7, 11) is 1.29. The van der Waals surface area contributed by atoms with Gasteiger partial charge in [-0.3, -0.25) is 0 Å². The molecule has 108 valence electrons. The van der Waals surface area contributed by atoms with E-state index in [2.05, 4.69) is 15.4 Å². The summed E-state index contributed by atoms with van der Waals surface area (Å²) in [4.78, 5) is 16.2. The molecule has 0 amide bonds. The molecule has 2 heterocycles. The topological polar surface area (TPSA) is 69.0 Å². The van der Waals surface area contributed by atoms with Gasteiger partial charge in [-0.05, 0) is 13.0 Å². The lowest BCUT2D eigenvalue weighted by molar-refractivity contribution is -0.136. The first kappa shape index (κ1) is 13.3. The van der Waals surface area contributed by atoms with E-state index in [0.29, 0.717) is 22.8 Å². The van der Waals surface area contributed by atoms with E-state index in [1.54, 1.807) is 25.1 Å². The second-order valence-corrected chi connectivity index (χ2v) is 4.61. The molecule has 0 aliphatic carbocycles. The Bertz CT molecular complexity index is 738. The van der Waals surface area contributed by atoms with E-state index >= 15 is 0 Å². The minimum absolute atomic E-state index is 0.306. The maximum Gasteiger partial charge on any atom is 0.338 e. The zero-order valence-corrected chi connectivity index (χ0v) is 11.5. The van der Waals surface area contributed by atoms with Crippen molar-refractivity contribution in [3.8, 4) is 0 Å². The normalized spacial score (nSPS) is 17.2. The van der Waals surface area contributed by atoms with Crippen molar-refractivity contribution in [2.24, 2.45) is 0 Å². The van der Waals surface area contributed by atoms with E-state index in [9.17, 15) is 9.18 Å². The summed E-state index contributed by atoms with van der Waals surface area (Å²) < 4.78 is 20.5. The number of ether oxygens (including phenoxy) is 1. The molecule has 0 unspecified atom stereocenters. The minimum Gasteiger partial charge on any atom is -0.466 e. The van der Waals surface area contributed by atoms with Gasteiger partial charge in [-0.1, -0.05) is 18.2 Å². The second-order valence-electron chi connectivity index (χ2n) is 4.61. The van der Waals surface area contributed by atoms with Crippen molar-refractivity contribution in [2.45, 2.75) is 13.0 Å². The van der Waals surface area contributed by atoms with Gasteiger partial charge in [0.25, 0.3) is 0 Å². The van der Waals surface area contributed by atoms with Gasteiger partial charge in [-0.25, -0.2) is 13.9 Å². The molecule has 0 fully saturated rings. The number of carbonyl (C=O) groups excluding carboxylic acids is 1. The van der Waals surface area contributed by atoms with Gasteiger partial charge >= 0.3 is 5.97 Å². The van der Waals surface area contributed by atoms with Gasteiger partial charge in [-0.15, -0.1) is 0 Å². The quantitative estimate of drug-likeness (QED) is 0.854. The number of nitrogens with zero attached hydrogens (tertiary/aromatic N) is 3. The third-order valence-electron chi connectivity index (χ3n) is 3.40. The Balaban J connectivity index is 2.23. The number of nitrogens with one attached hydrogen (secondary N) is 1. The van der Waals surface area contributed by atoms with Crippen LogP contribution in [0, 0.1) is 5.82 Å². The molecule has 1 aliphatic rings. The first-order valence-corrected chi connectivity index (χ1v) is 6.33. The van der Waals surface area contributed by atoms with E-state index in [0.717, 1.165) is 0 Å². The summed E-state index contributed by atoms with van der Waals surface area (Å²) in [6.45, 7) is 1.72. The molecule has 0 saturated carbocycles. The van der Waals surface area contributed by atoms with Crippen LogP contribution in [0.3, 0.4) is 0 Å². The van der Waals surface area contributed by atoms with Crippen molar-refractivity contribution >= 4 is 11.9 Å². The number of hydrogen-bond donors (Lipinski definition) is 1. The van der Waals surface area contributed by atoms with Crippen molar-refractivity contribution in [1.29, 1.82) is 0 Å². The lowest BCUT2D eigenvalue weighted by atomic mass is 9.95. The SMILES string of the molecule is COC(=O)C1=C(C)Nc2ncnn2[C@@H]1c1ccccc1F. The van der Waals surface area contributed by atoms with Crippen molar-refractivity contribution in [3.63, 3.8) is 0 Å². The zero-order valence-electron chi connectivity index (χ0n) is 11.5. The Labute approximate surface area is 120 Å². The van der Waals surface area contributed by atoms with Gasteiger partial charge in [0.2, 0.25) is 5.95 Å². The van der Waals surface area contributed by atoms with Crippen LogP contribution in [-0.2, 0) is 9.53 Å². The van der Waals surface area contributed by atoms with Crippen molar-refractivity contribution in [1.82, 2.24) is 14.8 Å².